The molecular formula is C6H7F3N2O5S. The minimum Gasteiger partial charge on any atom is -0.464 e. The predicted octanol–water partition coefficient (Wildman–Crippen LogP) is 0.235. The molecule has 0 fully saturated rings. The van der Waals surface area contributed by atoms with Gasteiger partial charge < -0.3 is 9.29 Å². The Bertz CT molecular complexity index is 443. The number of hydrogen-bond acceptors (Lipinski definition) is 5. The first-order valence-electron chi connectivity index (χ1n) is 4.06. The lowest BCUT2D eigenvalue weighted by Gasteiger charge is -2.15. The minimum atomic E-state index is -5.70. The maximum atomic E-state index is 11.9. The Labute approximate surface area is 93.5 Å². The molecule has 1 rings (SSSR count). The number of halogens is 3. The van der Waals surface area contributed by atoms with Gasteiger partial charge >= 0.3 is 21.7 Å². The van der Waals surface area contributed by atoms with Gasteiger partial charge in [-0.15, -0.1) is 0 Å². The molecule has 0 bridgehead atoms. The summed E-state index contributed by atoms with van der Waals surface area (Å²) in [6, 6.07) is 0. The van der Waals surface area contributed by atoms with E-state index in [-0.39, 0.29) is 6.54 Å². The van der Waals surface area contributed by atoms with Gasteiger partial charge in [0, 0.05) is 6.54 Å². The summed E-state index contributed by atoms with van der Waals surface area (Å²) in [5.41, 5.74) is -3.67. The summed E-state index contributed by atoms with van der Waals surface area (Å²) < 4.78 is 60.8. The molecule has 0 aliphatic carbocycles. The van der Waals surface area contributed by atoms with E-state index in [4.69, 9.17) is 5.11 Å². The van der Waals surface area contributed by atoms with Crippen molar-refractivity contribution in [1.82, 2.24) is 10.4 Å². The van der Waals surface area contributed by atoms with Crippen molar-refractivity contribution in [3.8, 4) is 0 Å². The van der Waals surface area contributed by atoms with E-state index >= 15 is 0 Å². The quantitative estimate of drug-likeness (QED) is 0.566. The third-order valence-electron chi connectivity index (χ3n) is 1.64. The van der Waals surface area contributed by atoms with E-state index in [1.165, 1.54) is 0 Å². The molecule has 0 saturated carbocycles. The average molecular weight is 276 g/mol. The standard InChI is InChI=1S/C6H7F3N2O5S/c7-6(8,9)17(14,15)16-4-1-2-11(3-4)10-5(12)13/h1,10H,2-3H2,(H,12,13). The van der Waals surface area contributed by atoms with Crippen LogP contribution < -0.4 is 5.43 Å². The Morgan fingerprint density at radius 3 is 2.59 bits per heavy atom. The molecule has 1 heterocycles. The average Bonchev–Trinajstić information content (AvgIpc) is 2.48. The third kappa shape index (κ3) is 3.49. The molecule has 0 atom stereocenters. The van der Waals surface area contributed by atoms with Gasteiger partial charge in [0.15, 0.2) is 0 Å². The first-order chi connectivity index (χ1) is 7.62. The van der Waals surface area contributed by atoms with Gasteiger partial charge in [-0.25, -0.2) is 9.80 Å². The number of carbonyl (C=O) groups is 1. The number of amides is 1. The van der Waals surface area contributed by atoms with E-state index in [2.05, 4.69) is 4.18 Å². The number of hydrazine groups is 1. The van der Waals surface area contributed by atoms with Gasteiger partial charge in [-0.05, 0) is 6.08 Å². The van der Waals surface area contributed by atoms with Crippen molar-refractivity contribution in [2.75, 3.05) is 13.1 Å². The van der Waals surface area contributed by atoms with Gasteiger partial charge in [0.1, 0.15) is 5.76 Å². The smallest absolute Gasteiger partial charge is 0.464 e. The van der Waals surface area contributed by atoms with Gasteiger partial charge in [-0.1, -0.05) is 0 Å². The maximum absolute atomic E-state index is 11.9. The van der Waals surface area contributed by atoms with Crippen molar-refractivity contribution in [1.29, 1.82) is 0 Å². The first-order valence-corrected chi connectivity index (χ1v) is 5.47. The summed E-state index contributed by atoms with van der Waals surface area (Å²) in [5, 5.41) is 9.27. The summed E-state index contributed by atoms with van der Waals surface area (Å²) in [4.78, 5) is 10.2. The molecule has 1 amide bonds. The summed E-state index contributed by atoms with van der Waals surface area (Å²) in [6.45, 7) is -0.489. The summed E-state index contributed by atoms with van der Waals surface area (Å²) in [7, 11) is -5.70. The zero-order valence-electron chi connectivity index (χ0n) is 8.06. The Kier molecular flexibility index (Phi) is 3.52. The van der Waals surface area contributed by atoms with Crippen LogP contribution in [0, 0.1) is 0 Å². The second kappa shape index (κ2) is 4.41. The van der Waals surface area contributed by atoms with Crippen molar-refractivity contribution < 1.29 is 35.7 Å². The second-order valence-corrected chi connectivity index (χ2v) is 4.49. The zero-order chi connectivity index (χ0) is 13.3. The molecule has 98 valence electrons. The van der Waals surface area contributed by atoms with E-state index in [0.29, 0.717) is 0 Å². The highest BCUT2D eigenvalue weighted by atomic mass is 32.2. The minimum absolute atomic E-state index is 0.0883. The SMILES string of the molecule is O=C(O)NN1CC=C(OS(=O)(=O)C(F)(F)F)C1. The molecule has 0 aromatic rings. The Hall–Kier alpha value is -1.49. The third-order valence-corrected chi connectivity index (χ3v) is 2.64. The number of nitrogens with zero attached hydrogens (tertiary/aromatic N) is 1. The van der Waals surface area contributed by atoms with E-state index in [1.54, 1.807) is 0 Å². The van der Waals surface area contributed by atoms with Crippen LogP contribution in [-0.2, 0) is 14.3 Å². The summed E-state index contributed by atoms with van der Waals surface area (Å²) >= 11 is 0. The van der Waals surface area contributed by atoms with Crippen LogP contribution >= 0.6 is 0 Å². The lowest BCUT2D eigenvalue weighted by molar-refractivity contribution is -0.0523. The van der Waals surface area contributed by atoms with Gasteiger partial charge in [-0.3, -0.25) is 5.43 Å². The number of carboxylic acid groups (broad SMARTS) is 1. The van der Waals surface area contributed by atoms with Crippen LogP contribution in [0.25, 0.3) is 0 Å². The van der Waals surface area contributed by atoms with Gasteiger partial charge in [-0.2, -0.15) is 21.6 Å². The normalized spacial score (nSPS) is 17.7. The molecule has 0 unspecified atom stereocenters. The molecule has 1 aliphatic rings. The monoisotopic (exact) mass is 276 g/mol. The van der Waals surface area contributed by atoms with Crippen LogP contribution in [-0.4, -0.2) is 43.2 Å². The molecule has 0 saturated heterocycles. The van der Waals surface area contributed by atoms with E-state index in [9.17, 15) is 26.4 Å². The lowest BCUT2D eigenvalue weighted by atomic mass is 10.5. The molecule has 2 N–H and O–H groups in total. The number of nitrogens with one attached hydrogen (secondary N) is 1. The highest BCUT2D eigenvalue weighted by Gasteiger charge is 2.49. The lowest BCUT2D eigenvalue weighted by Crippen LogP contribution is -2.40. The number of alkyl halides is 3. The van der Waals surface area contributed by atoms with Crippen LogP contribution in [0.1, 0.15) is 0 Å². The van der Waals surface area contributed by atoms with Crippen molar-refractivity contribution in [2.45, 2.75) is 5.51 Å². The zero-order valence-corrected chi connectivity index (χ0v) is 8.88. The fourth-order valence-electron chi connectivity index (χ4n) is 0.998. The van der Waals surface area contributed by atoms with Crippen LogP contribution in [0.4, 0.5) is 18.0 Å². The predicted molar refractivity (Wildman–Crippen MR) is 46.9 cm³/mol. The molecule has 11 heteroatoms. The maximum Gasteiger partial charge on any atom is 0.534 e. The highest BCUT2D eigenvalue weighted by molar-refractivity contribution is 7.87. The topological polar surface area (TPSA) is 95.9 Å². The van der Waals surface area contributed by atoms with Crippen LogP contribution in [0.15, 0.2) is 11.8 Å². The highest BCUT2D eigenvalue weighted by Crippen LogP contribution is 2.27. The van der Waals surface area contributed by atoms with Crippen LogP contribution in [0.3, 0.4) is 0 Å². The number of hydrogen-bond donors (Lipinski definition) is 2. The summed E-state index contributed by atoms with van der Waals surface area (Å²) in [5.74, 6) is -0.490. The van der Waals surface area contributed by atoms with E-state index in [1.807, 2.05) is 5.43 Å². The Balaban J connectivity index is 2.60. The fraction of sp³-hybridized carbons (Fsp3) is 0.500. The van der Waals surface area contributed by atoms with Gasteiger partial charge in [0.25, 0.3) is 0 Å². The fourth-order valence-corrected chi connectivity index (χ4v) is 1.50. The van der Waals surface area contributed by atoms with Gasteiger partial charge in [0.05, 0.1) is 6.54 Å². The van der Waals surface area contributed by atoms with Crippen molar-refractivity contribution in [3.05, 3.63) is 11.8 Å². The van der Waals surface area contributed by atoms with Crippen LogP contribution in [0.5, 0.6) is 0 Å². The molecule has 0 radical (unpaired) electrons. The molecule has 7 nitrogen and oxygen atoms in total. The molecule has 17 heavy (non-hydrogen) atoms. The molecule has 0 aromatic carbocycles. The Morgan fingerprint density at radius 1 is 1.53 bits per heavy atom. The van der Waals surface area contributed by atoms with Crippen LogP contribution in [0.2, 0.25) is 0 Å². The van der Waals surface area contributed by atoms with E-state index in [0.717, 1.165) is 11.1 Å². The van der Waals surface area contributed by atoms with Crippen molar-refractivity contribution >= 4 is 16.2 Å². The first kappa shape index (κ1) is 13.6. The van der Waals surface area contributed by atoms with E-state index < -0.39 is 34.0 Å². The molecule has 0 aromatic heterocycles. The molecule has 0 spiro atoms. The van der Waals surface area contributed by atoms with Crippen molar-refractivity contribution in [3.63, 3.8) is 0 Å². The Morgan fingerprint density at radius 2 is 2.12 bits per heavy atom. The molecule has 1 aliphatic heterocycles. The largest absolute Gasteiger partial charge is 0.534 e. The molecular weight excluding hydrogens is 269 g/mol. The van der Waals surface area contributed by atoms with Gasteiger partial charge in [0.2, 0.25) is 0 Å². The second-order valence-electron chi connectivity index (χ2n) is 2.95. The number of rotatable bonds is 3. The van der Waals surface area contributed by atoms with Crippen molar-refractivity contribution in [2.24, 2.45) is 0 Å². The summed E-state index contributed by atoms with van der Waals surface area (Å²) in [6.07, 6.45) is -0.391.